The number of nitrogens with two attached hydrogens (primary N) is 1. The third-order valence-electron chi connectivity index (χ3n) is 12.5. The molecule has 0 saturated carbocycles. The predicted octanol–water partition coefficient (Wildman–Crippen LogP) is 10.5. The fourth-order valence-electron chi connectivity index (χ4n) is 7.76. The van der Waals surface area contributed by atoms with Gasteiger partial charge in [-0.2, -0.15) is 0 Å². The van der Waals surface area contributed by atoms with Gasteiger partial charge < -0.3 is 45.4 Å². The average molecular weight is 1220 g/mol. The van der Waals surface area contributed by atoms with Crippen LogP contribution in [0.2, 0.25) is 0 Å². The Kier molecular flexibility index (Phi) is 19.5. The Morgan fingerprint density at radius 3 is 1.39 bits per heavy atom. The van der Waals surface area contributed by atoms with Crippen LogP contribution in [0.4, 0.5) is 27.8 Å². The van der Waals surface area contributed by atoms with E-state index in [0.29, 0.717) is 33.4 Å². The van der Waals surface area contributed by atoms with Crippen LogP contribution in [0, 0.1) is 11.8 Å². The first-order valence-corrected chi connectivity index (χ1v) is 31.2. The van der Waals surface area contributed by atoms with Crippen molar-refractivity contribution in [2.45, 2.75) is 127 Å². The number of alkyl carbamates (subject to hydrolysis) is 1. The molecule has 4 aromatic carbocycles. The lowest BCUT2D eigenvalue weighted by molar-refractivity contribution is -0.148. The summed E-state index contributed by atoms with van der Waals surface area (Å²) in [5, 5.41) is 10.1. The largest absolute Gasteiger partial charge is 0.489 e. The molecule has 8 rings (SSSR count). The Hall–Kier alpha value is -7.39. The number of rotatable bonds is 19. The highest BCUT2D eigenvalue weighted by atomic mass is 32.2. The van der Waals surface area contributed by atoms with E-state index in [0.717, 1.165) is 31.8 Å². The monoisotopic (exact) mass is 1210 g/mol. The number of aromatic nitrogens is 6. The first kappa shape index (κ1) is 63.2. The molecule has 5 N–H and O–H groups in total. The van der Waals surface area contributed by atoms with Crippen molar-refractivity contribution in [2.24, 2.45) is 17.6 Å². The van der Waals surface area contributed by atoms with Gasteiger partial charge in [0.15, 0.2) is 19.7 Å². The van der Waals surface area contributed by atoms with Crippen molar-refractivity contribution >= 4 is 126 Å². The number of hydrogen-bond donors (Lipinski definition) is 4. The van der Waals surface area contributed by atoms with E-state index in [1.54, 1.807) is 105 Å². The summed E-state index contributed by atoms with van der Waals surface area (Å²) < 4.78 is 82.0. The predicted molar refractivity (Wildman–Crippen MR) is 322 cm³/mol. The summed E-state index contributed by atoms with van der Waals surface area (Å²) in [6.07, 6.45) is 2.03. The minimum Gasteiger partial charge on any atom is -0.489 e. The quantitative estimate of drug-likeness (QED) is 0.0332. The Balaban J connectivity index is 0.000000242. The number of nitrogens with one attached hydrogen (secondary N) is 3. The summed E-state index contributed by atoms with van der Waals surface area (Å²) in [4.78, 5) is 63.2. The molecule has 4 aromatic heterocycles. The van der Waals surface area contributed by atoms with Gasteiger partial charge in [0.25, 0.3) is 0 Å². The van der Waals surface area contributed by atoms with Gasteiger partial charge in [-0.1, -0.05) is 27.7 Å². The van der Waals surface area contributed by atoms with Gasteiger partial charge in [-0.25, -0.2) is 56.3 Å². The normalized spacial score (nSPS) is 13.1. The van der Waals surface area contributed by atoms with Crippen molar-refractivity contribution in [1.82, 2.24) is 35.2 Å². The highest BCUT2D eigenvalue weighted by Gasteiger charge is 2.36. The number of anilines is 4. The number of hydrogen-bond acceptors (Lipinski definition) is 23. The van der Waals surface area contributed by atoms with E-state index >= 15 is 0 Å². The van der Waals surface area contributed by atoms with E-state index in [-0.39, 0.29) is 59.6 Å². The van der Waals surface area contributed by atoms with Gasteiger partial charge in [-0.3, -0.25) is 4.79 Å². The van der Waals surface area contributed by atoms with Crippen molar-refractivity contribution in [3.8, 4) is 11.5 Å². The van der Waals surface area contributed by atoms with Crippen molar-refractivity contribution in [3.63, 3.8) is 0 Å². The zero-order valence-electron chi connectivity index (χ0n) is 48.5. The summed E-state index contributed by atoms with van der Waals surface area (Å²) >= 11 is 3.08. The number of thiazole rings is 2. The Labute approximate surface area is 490 Å². The third-order valence-corrected chi connectivity index (χ3v) is 19.2. The van der Waals surface area contributed by atoms with E-state index in [9.17, 15) is 31.2 Å². The molecule has 0 unspecified atom stereocenters. The summed E-state index contributed by atoms with van der Waals surface area (Å²) in [5.41, 5.74) is 12.7. The van der Waals surface area contributed by atoms with Crippen LogP contribution in [0.3, 0.4) is 0 Å². The van der Waals surface area contributed by atoms with Gasteiger partial charge >= 0.3 is 18.0 Å². The Morgan fingerprint density at radius 2 is 0.988 bits per heavy atom. The third kappa shape index (κ3) is 15.4. The molecule has 8 aromatic rings. The highest BCUT2D eigenvalue weighted by molar-refractivity contribution is 7.93. The fourth-order valence-corrected chi connectivity index (χ4v) is 11.7. The molecular formula is C57H70N10O12S4. The first-order chi connectivity index (χ1) is 38.8. The van der Waals surface area contributed by atoms with Crippen molar-refractivity contribution in [3.05, 3.63) is 84.3 Å². The number of carbonyl (C=O) groups is 3. The van der Waals surface area contributed by atoms with Crippen LogP contribution in [-0.2, 0) is 43.5 Å². The lowest BCUT2D eigenvalue weighted by Crippen LogP contribution is -2.47. The van der Waals surface area contributed by atoms with Crippen LogP contribution >= 0.6 is 22.7 Å². The maximum absolute atomic E-state index is 13.7. The number of carbonyl (C=O) groups excluding carboxylic acids is 3. The average Bonchev–Trinajstić information content (AvgIpc) is 2.78. The minimum absolute atomic E-state index is 0.00416. The standard InChI is InChI=1S/C31H39N5O7S2.C26H31N5O5S2/c1-18(2)26(36-29(38)43-30(3,4)5)28(37)42-12-11-41-23-15-21-20(14-25(23)45(39,40)31(6,7)8)27(33-16-32-21)35-19-9-10-24-22(13-19)34-17-44-24;1-15(2)23(27)25(32)36-9-8-35-20-12-18-17(11-22(20)38(33,34)26(3,4)5)24(29-13-28-18)31-16-6-7-21-19(10-16)30-14-37-21/h9-10,13-18,26H,11-12H2,1-8H3,(H,36,38)(H,32,33,35);6-7,10-15,23H,8-9,27H2,1-5H3,(H,28,29,31)/t26-;23-/m00/s1. The number of ether oxygens (including phenoxy) is 5. The Morgan fingerprint density at radius 1 is 0.554 bits per heavy atom. The van der Waals surface area contributed by atoms with Crippen molar-refractivity contribution in [2.75, 3.05) is 37.1 Å². The molecule has 0 bridgehead atoms. The van der Waals surface area contributed by atoms with Crippen molar-refractivity contribution < 1.29 is 54.9 Å². The van der Waals surface area contributed by atoms with Gasteiger partial charge in [0.2, 0.25) is 0 Å². The molecule has 0 saturated heterocycles. The molecule has 22 nitrogen and oxygen atoms in total. The maximum Gasteiger partial charge on any atom is 0.408 e. The number of esters is 2. The second kappa shape index (κ2) is 25.6. The minimum atomic E-state index is -3.90. The zero-order valence-corrected chi connectivity index (χ0v) is 51.8. The molecule has 0 aliphatic carbocycles. The second-order valence-corrected chi connectivity index (χ2v) is 29.9. The molecule has 0 spiro atoms. The summed E-state index contributed by atoms with van der Waals surface area (Å²) in [5.74, 6) is -0.516. The van der Waals surface area contributed by atoms with E-state index in [1.165, 1.54) is 42.2 Å². The van der Waals surface area contributed by atoms with Gasteiger partial charge in [0, 0.05) is 34.3 Å². The maximum atomic E-state index is 13.7. The summed E-state index contributed by atoms with van der Waals surface area (Å²) in [7, 11) is -7.73. The molecule has 4 heterocycles. The first-order valence-electron chi connectivity index (χ1n) is 26.5. The molecule has 2 atom stereocenters. The number of fused-ring (bicyclic) bond motifs is 4. The number of nitrogens with zero attached hydrogens (tertiary/aromatic N) is 6. The summed E-state index contributed by atoms with van der Waals surface area (Å²) in [6.45, 7) is 21.5. The molecule has 0 aliphatic heterocycles. The molecule has 83 heavy (non-hydrogen) atoms. The lowest BCUT2D eigenvalue weighted by Gasteiger charge is -2.24. The SMILES string of the molecule is CC(C)[C@H](N)C(=O)OCCOc1cc2ncnc(Nc3ccc4scnc4c3)c2cc1S(=O)(=O)C(C)(C)C.CC(C)[C@H](NC(=O)OC(C)(C)C)C(=O)OCCOc1cc2ncnc(Nc3ccc4scnc4c3)c2cc1S(=O)(=O)C(C)(C)C. The van der Waals surface area contributed by atoms with E-state index < -0.39 is 64.9 Å². The molecule has 0 radical (unpaired) electrons. The number of benzene rings is 4. The highest BCUT2D eigenvalue weighted by Crippen LogP contribution is 2.39. The van der Waals surface area contributed by atoms with Gasteiger partial charge in [-0.05, 0) is 123 Å². The molecular weight excluding hydrogens is 1140 g/mol. The van der Waals surface area contributed by atoms with Crippen LogP contribution in [0.1, 0.15) is 90.0 Å². The number of sulfone groups is 2. The molecule has 0 aliphatic rings. The van der Waals surface area contributed by atoms with Crippen LogP contribution in [0.15, 0.2) is 94.1 Å². The second-order valence-electron chi connectivity index (χ2n) is 22.8. The molecule has 0 fully saturated rings. The van der Waals surface area contributed by atoms with Crippen molar-refractivity contribution in [1.29, 1.82) is 0 Å². The smallest absolute Gasteiger partial charge is 0.408 e. The van der Waals surface area contributed by atoms with E-state index in [1.807, 2.05) is 50.2 Å². The van der Waals surface area contributed by atoms with Gasteiger partial charge in [0.1, 0.15) is 89.7 Å². The van der Waals surface area contributed by atoms with Gasteiger partial charge in [0.05, 0.1) is 52.0 Å². The molecule has 26 heteroatoms. The Bertz CT molecular complexity index is 3890. The van der Waals surface area contributed by atoms with Crippen LogP contribution in [0.5, 0.6) is 11.5 Å². The summed E-state index contributed by atoms with van der Waals surface area (Å²) in [6, 6.07) is 15.9. The molecule has 444 valence electrons. The zero-order chi connectivity index (χ0) is 60.8. The lowest BCUT2D eigenvalue weighted by atomic mass is 10.1. The van der Waals surface area contributed by atoms with Crippen LogP contribution in [-0.4, -0.2) is 118 Å². The van der Waals surface area contributed by atoms with Crippen LogP contribution < -0.4 is 31.2 Å². The van der Waals surface area contributed by atoms with E-state index in [4.69, 9.17) is 29.4 Å². The molecule has 1 amide bonds. The topological polar surface area (TPSA) is 305 Å². The number of amides is 1. The van der Waals surface area contributed by atoms with Gasteiger partial charge in [-0.15, -0.1) is 22.7 Å². The fraction of sp³-hybridized carbons (Fsp3) is 0.421. The van der Waals surface area contributed by atoms with Crippen LogP contribution in [0.25, 0.3) is 42.2 Å². The van der Waals surface area contributed by atoms with E-state index in [2.05, 4.69) is 45.9 Å².